The number of nitrogens with one attached hydrogen (secondary N) is 1. The van der Waals surface area contributed by atoms with E-state index in [4.69, 9.17) is 23.1 Å². The maximum absolute atomic E-state index is 12.0. The number of anilines is 3. The molecule has 2 rings (SSSR count). The van der Waals surface area contributed by atoms with Crippen molar-refractivity contribution in [2.75, 3.05) is 16.8 Å². The van der Waals surface area contributed by atoms with E-state index in [1.807, 2.05) is 0 Å². The van der Waals surface area contributed by atoms with Gasteiger partial charge in [-0.1, -0.05) is 23.4 Å². The molecule has 21 heavy (non-hydrogen) atoms. The van der Waals surface area contributed by atoms with Crippen molar-refractivity contribution in [3.8, 4) is 0 Å². The molecule has 0 fully saturated rings. The number of carbonyl (C=O) groups excluding carboxylic acids is 1. The number of nitrogen functional groups attached to an aromatic ring is 2. The normalized spacial score (nSPS) is 11.9. The van der Waals surface area contributed by atoms with Gasteiger partial charge in [-0.3, -0.25) is 4.79 Å². The molecule has 0 aliphatic rings. The minimum absolute atomic E-state index is 0.237. The molecule has 0 radical (unpaired) electrons. The second-order valence-corrected chi connectivity index (χ2v) is 5.86. The summed E-state index contributed by atoms with van der Waals surface area (Å²) < 4.78 is 0. The zero-order valence-corrected chi connectivity index (χ0v) is 12.6. The lowest BCUT2D eigenvalue weighted by atomic mass is 10.4. The summed E-state index contributed by atoms with van der Waals surface area (Å²) in [4.78, 5) is 24.1. The van der Waals surface area contributed by atoms with Crippen LogP contribution in [0.2, 0.25) is 5.02 Å². The predicted octanol–water partition coefficient (Wildman–Crippen LogP) is 1.81. The summed E-state index contributed by atoms with van der Waals surface area (Å²) in [5, 5.41) is 3.08. The molecule has 0 bridgehead atoms. The van der Waals surface area contributed by atoms with Crippen LogP contribution in [0.4, 0.5) is 17.5 Å². The topological polar surface area (TPSA) is 120 Å². The molecule has 1 unspecified atom stereocenters. The summed E-state index contributed by atoms with van der Waals surface area (Å²) in [6.45, 7) is 1.72. The van der Waals surface area contributed by atoms with Crippen molar-refractivity contribution < 1.29 is 4.79 Å². The second-order valence-electron chi connectivity index (χ2n) is 4.11. The lowest BCUT2D eigenvalue weighted by Crippen LogP contribution is -2.23. The number of nitrogens with zero attached hydrogens (tertiary/aromatic N) is 3. The van der Waals surface area contributed by atoms with E-state index in [-0.39, 0.29) is 17.5 Å². The minimum Gasteiger partial charge on any atom is -0.383 e. The number of nitrogens with two attached hydrogens (primary N) is 2. The van der Waals surface area contributed by atoms with E-state index in [2.05, 4.69) is 20.3 Å². The molecule has 9 heteroatoms. The van der Waals surface area contributed by atoms with Crippen molar-refractivity contribution >= 4 is 46.7 Å². The fraction of sp³-hybridized carbons (Fsp3) is 0.167. The SMILES string of the molecule is CC(Sc1nc(N)cc(N)n1)C(=O)Nc1ccc(Cl)cn1. The van der Waals surface area contributed by atoms with Gasteiger partial charge in [-0.15, -0.1) is 0 Å². The van der Waals surface area contributed by atoms with Crippen LogP contribution in [0.25, 0.3) is 0 Å². The molecule has 0 saturated heterocycles. The van der Waals surface area contributed by atoms with Gasteiger partial charge in [0.2, 0.25) is 5.91 Å². The van der Waals surface area contributed by atoms with E-state index in [1.54, 1.807) is 19.1 Å². The van der Waals surface area contributed by atoms with Crippen LogP contribution >= 0.6 is 23.4 Å². The molecule has 2 heterocycles. The van der Waals surface area contributed by atoms with Crippen LogP contribution in [0.5, 0.6) is 0 Å². The van der Waals surface area contributed by atoms with Gasteiger partial charge in [0.25, 0.3) is 0 Å². The summed E-state index contributed by atoms with van der Waals surface area (Å²) in [5.41, 5.74) is 11.2. The Morgan fingerprint density at radius 3 is 2.57 bits per heavy atom. The smallest absolute Gasteiger partial charge is 0.238 e. The van der Waals surface area contributed by atoms with Crippen LogP contribution < -0.4 is 16.8 Å². The first-order chi connectivity index (χ1) is 9.94. The average molecular weight is 325 g/mol. The van der Waals surface area contributed by atoms with Gasteiger partial charge < -0.3 is 16.8 Å². The Morgan fingerprint density at radius 2 is 2.00 bits per heavy atom. The van der Waals surface area contributed by atoms with Crippen LogP contribution in [0, 0.1) is 0 Å². The van der Waals surface area contributed by atoms with Crippen LogP contribution in [0.3, 0.4) is 0 Å². The van der Waals surface area contributed by atoms with Gasteiger partial charge in [-0.25, -0.2) is 15.0 Å². The number of aromatic nitrogens is 3. The molecule has 0 aliphatic carbocycles. The Kier molecular flexibility index (Phi) is 4.81. The fourth-order valence-electron chi connectivity index (χ4n) is 1.40. The van der Waals surface area contributed by atoms with Crippen molar-refractivity contribution in [3.63, 3.8) is 0 Å². The molecule has 110 valence electrons. The van der Waals surface area contributed by atoms with Gasteiger partial charge in [-0.2, -0.15) is 0 Å². The third kappa shape index (κ3) is 4.47. The summed E-state index contributed by atoms with van der Waals surface area (Å²) in [7, 11) is 0. The van der Waals surface area contributed by atoms with Crippen LogP contribution in [0.1, 0.15) is 6.92 Å². The molecular weight excluding hydrogens is 312 g/mol. The van der Waals surface area contributed by atoms with Crippen LogP contribution in [0.15, 0.2) is 29.6 Å². The number of rotatable bonds is 4. The number of hydrogen-bond donors (Lipinski definition) is 3. The highest BCUT2D eigenvalue weighted by Crippen LogP contribution is 2.22. The van der Waals surface area contributed by atoms with Crippen molar-refractivity contribution in [2.24, 2.45) is 0 Å². The van der Waals surface area contributed by atoms with Gasteiger partial charge in [0, 0.05) is 12.3 Å². The number of amides is 1. The molecule has 1 amide bonds. The molecule has 0 aromatic carbocycles. The Balaban J connectivity index is 2.00. The van der Waals surface area contributed by atoms with Gasteiger partial charge in [0.1, 0.15) is 17.5 Å². The molecule has 0 aliphatic heterocycles. The minimum atomic E-state index is -0.441. The molecule has 0 saturated carbocycles. The molecule has 2 aromatic heterocycles. The van der Waals surface area contributed by atoms with E-state index < -0.39 is 5.25 Å². The van der Waals surface area contributed by atoms with E-state index in [0.29, 0.717) is 16.0 Å². The van der Waals surface area contributed by atoms with E-state index in [0.717, 1.165) is 11.8 Å². The Hall–Kier alpha value is -2.06. The summed E-state index contributed by atoms with van der Waals surface area (Å²) in [6.07, 6.45) is 1.46. The highest BCUT2D eigenvalue weighted by Gasteiger charge is 2.17. The van der Waals surface area contributed by atoms with Crippen molar-refractivity contribution in [1.29, 1.82) is 0 Å². The first kappa shape index (κ1) is 15.3. The molecule has 2 aromatic rings. The maximum Gasteiger partial charge on any atom is 0.238 e. The van der Waals surface area contributed by atoms with Gasteiger partial charge in [0.05, 0.1) is 10.3 Å². The number of thioether (sulfide) groups is 1. The number of hydrogen-bond acceptors (Lipinski definition) is 7. The molecule has 1 atom stereocenters. The first-order valence-electron chi connectivity index (χ1n) is 5.93. The van der Waals surface area contributed by atoms with E-state index >= 15 is 0 Å². The Morgan fingerprint density at radius 1 is 1.33 bits per heavy atom. The second kappa shape index (κ2) is 6.59. The lowest BCUT2D eigenvalue weighted by molar-refractivity contribution is -0.115. The van der Waals surface area contributed by atoms with Crippen molar-refractivity contribution in [3.05, 3.63) is 29.4 Å². The maximum atomic E-state index is 12.0. The number of carbonyl (C=O) groups is 1. The van der Waals surface area contributed by atoms with E-state index in [9.17, 15) is 4.79 Å². The van der Waals surface area contributed by atoms with Crippen LogP contribution in [-0.2, 0) is 4.79 Å². The quantitative estimate of drug-likeness (QED) is 0.579. The van der Waals surface area contributed by atoms with Crippen molar-refractivity contribution in [2.45, 2.75) is 17.3 Å². The Bertz CT molecular complexity index is 630. The first-order valence-corrected chi connectivity index (χ1v) is 7.19. The van der Waals surface area contributed by atoms with Crippen LogP contribution in [-0.4, -0.2) is 26.1 Å². The molecular formula is C12H13ClN6OS. The predicted molar refractivity (Wildman–Crippen MR) is 84.1 cm³/mol. The van der Waals surface area contributed by atoms with Gasteiger partial charge >= 0.3 is 0 Å². The van der Waals surface area contributed by atoms with Crippen molar-refractivity contribution in [1.82, 2.24) is 15.0 Å². The molecule has 7 nitrogen and oxygen atoms in total. The third-order valence-electron chi connectivity index (χ3n) is 2.38. The standard InChI is InChI=1S/C12H13ClN6OS/c1-6(21-12-17-8(14)4-9(15)18-12)11(20)19-10-3-2-7(13)5-16-10/h2-6H,1H3,(H,16,19,20)(H4,14,15,17,18). The number of pyridine rings is 1. The number of halogens is 1. The Labute approximate surface area is 130 Å². The summed E-state index contributed by atoms with van der Waals surface area (Å²) >= 11 is 6.88. The van der Waals surface area contributed by atoms with E-state index in [1.165, 1.54) is 12.3 Å². The summed E-state index contributed by atoms with van der Waals surface area (Å²) in [6, 6.07) is 4.71. The zero-order chi connectivity index (χ0) is 15.4. The summed E-state index contributed by atoms with van der Waals surface area (Å²) in [5.74, 6) is 0.707. The molecule has 5 N–H and O–H groups in total. The van der Waals surface area contributed by atoms with Gasteiger partial charge in [0.15, 0.2) is 5.16 Å². The average Bonchev–Trinajstić information content (AvgIpc) is 2.40. The fourth-order valence-corrected chi connectivity index (χ4v) is 2.31. The highest BCUT2D eigenvalue weighted by atomic mass is 35.5. The third-order valence-corrected chi connectivity index (χ3v) is 3.56. The molecule has 0 spiro atoms. The highest BCUT2D eigenvalue weighted by molar-refractivity contribution is 8.00. The lowest BCUT2D eigenvalue weighted by Gasteiger charge is -2.11. The zero-order valence-electron chi connectivity index (χ0n) is 11.1. The largest absolute Gasteiger partial charge is 0.383 e. The monoisotopic (exact) mass is 324 g/mol. The van der Waals surface area contributed by atoms with Gasteiger partial charge in [-0.05, 0) is 19.1 Å².